The lowest BCUT2D eigenvalue weighted by Gasteiger charge is -2.10. The minimum atomic E-state index is 0.731. The molecule has 6 heteroatoms. The summed E-state index contributed by atoms with van der Waals surface area (Å²) in [7, 11) is 4.92. The first-order valence-corrected chi connectivity index (χ1v) is 8.66. The van der Waals surface area contributed by atoms with Gasteiger partial charge in [-0.1, -0.05) is 6.07 Å². The summed E-state index contributed by atoms with van der Waals surface area (Å²) in [6, 6.07) is 17.6. The van der Waals surface area contributed by atoms with Gasteiger partial charge in [0.15, 0.2) is 11.5 Å². The third-order valence-electron chi connectivity index (χ3n) is 4.22. The van der Waals surface area contributed by atoms with Gasteiger partial charge < -0.3 is 19.5 Å². The molecule has 0 saturated carbocycles. The second kappa shape index (κ2) is 8.89. The summed E-state index contributed by atoms with van der Waals surface area (Å²) in [4.78, 5) is 0. The van der Waals surface area contributed by atoms with Gasteiger partial charge in [-0.05, 0) is 60.5 Å². The van der Waals surface area contributed by atoms with Crippen LogP contribution in [0, 0.1) is 0 Å². The van der Waals surface area contributed by atoms with E-state index in [1.165, 1.54) is 0 Å². The molecule has 1 heterocycles. The molecule has 0 radical (unpaired) electrons. The molecule has 0 unspecified atom stereocenters. The number of hydrogen-bond donors (Lipinski definition) is 1. The Bertz CT molecular complexity index is 865. The van der Waals surface area contributed by atoms with Crippen molar-refractivity contribution in [2.45, 2.75) is 6.42 Å². The highest BCUT2D eigenvalue weighted by atomic mass is 16.5. The normalized spacial score (nSPS) is 10.3. The Morgan fingerprint density at radius 3 is 2.19 bits per heavy atom. The van der Waals surface area contributed by atoms with Crippen LogP contribution >= 0.6 is 0 Å². The molecule has 0 saturated heterocycles. The molecular formula is C21H23N3O3. The molecule has 0 spiro atoms. The largest absolute Gasteiger partial charge is 0.497 e. The standard InChI is InChI=1S/C21H23N3O3/c1-25-17-7-5-16(6-8-17)18-9-11-21(24-23-18)22-13-12-15-4-10-19(26-2)20(14-15)27-3/h4-11,14H,12-13H2,1-3H3,(H,22,24). The van der Waals surface area contributed by atoms with Gasteiger partial charge in [0.1, 0.15) is 11.6 Å². The van der Waals surface area contributed by atoms with Gasteiger partial charge in [0.05, 0.1) is 27.0 Å². The summed E-state index contributed by atoms with van der Waals surface area (Å²) in [6.07, 6.45) is 0.836. The SMILES string of the molecule is COc1ccc(-c2ccc(NCCc3ccc(OC)c(OC)c3)nn2)cc1. The van der Waals surface area contributed by atoms with Crippen molar-refractivity contribution < 1.29 is 14.2 Å². The van der Waals surface area contributed by atoms with Crippen LogP contribution in [0.4, 0.5) is 5.82 Å². The summed E-state index contributed by atoms with van der Waals surface area (Å²) in [5.74, 6) is 3.03. The van der Waals surface area contributed by atoms with Gasteiger partial charge in [0.2, 0.25) is 0 Å². The van der Waals surface area contributed by atoms with Gasteiger partial charge >= 0.3 is 0 Å². The van der Waals surface area contributed by atoms with Crippen LogP contribution in [-0.4, -0.2) is 38.1 Å². The third kappa shape index (κ3) is 4.67. The van der Waals surface area contributed by atoms with E-state index in [1.807, 2.05) is 54.6 Å². The van der Waals surface area contributed by atoms with Gasteiger partial charge in [0, 0.05) is 12.1 Å². The zero-order valence-electron chi connectivity index (χ0n) is 15.7. The Balaban J connectivity index is 1.57. The minimum Gasteiger partial charge on any atom is -0.497 e. The topological polar surface area (TPSA) is 65.5 Å². The van der Waals surface area contributed by atoms with Crippen LogP contribution in [0.15, 0.2) is 54.6 Å². The molecule has 0 fully saturated rings. The van der Waals surface area contributed by atoms with Crippen LogP contribution in [0.25, 0.3) is 11.3 Å². The Kier molecular flexibility index (Phi) is 6.10. The van der Waals surface area contributed by atoms with Crippen LogP contribution in [0.1, 0.15) is 5.56 Å². The van der Waals surface area contributed by atoms with E-state index >= 15 is 0 Å². The Morgan fingerprint density at radius 1 is 0.778 bits per heavy atom. The van der Waals surface area contributed by atoms with Gasteiger partial charge in [-0.15, -0.1) is 10.2 Å². The maximum atomic E-state index is 5.34. The van der Waals surface area contributed by atoms with E-state index in [1.54, 1.807) is 21.3 Å². The second-order valence-electron chi connectivity index (χ2n) is 5.90. The van der Waals surface area contributed by atoms with E-state index in [-0.39, 0.29) is 0 Å². The highest BCUT2D eigenvalue weighted by Gasteiger charge is 2.05. The molecule has 3 rings (SSSR count). The van der Waals surface area contributed by atoms with Crippen LogP contribution in [0.2, 0.25) is 0 Å². The number of anilines is 1. The predicted molar refractivity (Wildman–Crippen MR) is 106 cm³/mol. The number of nitrogens with one attached hydrogen (secondary N) is 1. The summed E-state index contributed by atoms with van der Waals surface area (Å²) in [5, 5.41) is 11.8. The van der Waals surface area contributed by atoms with E-state index in [2.05, 4.69) is 15.5 Å². The van der Waals surface area contributed by atoms with E-state index in [9.17, 15) is 0 Å². The highest BCUT2D eigenvalue weighted by molar-refractivity contribution is 5.60. The highest BCUT2D eigenvalue weighted by Crippen LogP contribution is 2.27. The van der Waals surface area contributed by atoms with Crippen molar-refractivity contribution in [2.24, 2.45) is 0 Å². The molecule has 0 amide bonds. The van der Waals surface area contributed by atoms with Crippen LogP contribution in [-0.2, 0) is 6.42 Å². The molecule has 140 valence electrons. The smallest absolute Gasteiger partial charge is 0.160 e. The van der Waals surface area contributed by atoms with Crippen LogP contribution < -0.4 is 19.5 Å². The lowest BCUT2D eigenvalue weighted by atomic mass is 10.1. The fraction of sp³-hybridized carbons (Fsp3) is 0.238. The number of hydrogen-bond acceptors (Lipinski definition) is 6. The summed E-state index contributed by atoms with van der Waals surface area (Å²) in [6.45, 7) is 0.742. The Labute approximate surface area is 159 Å². The molecule has 3 aromatic rings. The second-order valence-corrected chi connectivity index (χ2v) is 5.90. The number of aromatic nitrogens is 2. The molecule has 0 aliphatic carbocycles. The first kappa shape index (κ1) is 18.5. The van der Waals surface area contributed by atoms with Gasteiger partial charge in [0.25, 0.3) is 0 Å². The molecule has 0 aliphatic heterocycles. The average Bonchev–Trinajstić information content (AvgIpc) is 2.74. The van der Waals surface area contributed by atoms with Gasteiger partial charge in [-0.3, -0.25) is 0 Å². The molecule has 0 atom stereocenters. The van der Waals surface area contributed by atoms with E-state index in [0.29, 0.717) is 0 Å². The summed E-state index contributed by atoms with van der Waals surface area (Å²) < 4.78 is 15.8. The zero-order chi connectivity index (χ0) is 19.1. The van der Waals surface area contributed by atoms with Crippen molar-refractivity contribution in [3.8, 4) is 28.5 Å². The van der Waals surface area contributed by atoms with Gasteiger partial charge in [-0.2, -0.15) is 0 Å². The molecular weight excluding hydrogens is 342 g/mol. The van der Waals surface area contributed by atoms with Crippen molar-refractivity contribution in [3.05, 3.63) is 60.2 Å². The molecule has 27 heavy (non-hydrogen) atoms. The van der Waals surface area contributed by atoms with Crippen molar-refractivity contribution in [1.29, 1.82) is 0 Å². The number of nitrogens with zero attached hydrogens (tertiary/aromatic N) is 2. The first-order valence-electron chi connectivity index (χ1n) is 8.66. The molecule has 1 aromatic heterocycles. The van der Waals surface area contributed by atoms with Crippen molar-refractivity contribution in [3.63, 3.8) is 0 Å². The monoisotopic (exact) mass is 365 g/mol. The molecule has 6 nitrogen and oxygen atoms in total. The summed E-state index contributed by atoms with van der Waals surface area (Å²) >= 11 is 0. The predicted octanol–water partition coefficient (Wildman–Crippen LogP) is 3.82. The van der Waals surface area contributed by atoms with Gasteiger partial charge in [-0.25, -0.2) is 0 Å². The number of ether oxygens (including phenoxy) is 3. The maximum Gasteiger partial charge on any atom is 0.160 e. The molecule has 1 N–H and O–H groups in total. The van der Waals surface area contributed by atoms with Crippen LogP contribution in [0.3, 0.4) is 0 Å². The van der Waals surface area contributed by atoms with Crippen LogP contribution in [0.5, 0.6) is 17.2 Å². The fourth-order valence-electron chi connectivity index (χ4n) is 2.71. The Hall–Kier alpha value is -3.28. The number of rotatable bonds is 8. The average molecular weight is 365 g/mol. The van der Waals surface area contributed by atoms with E-state index < -0.39 is 0 Å². The molecule has 0 bridgehead atoms. The number of methoxy groups -OCH3 is 3. The number of benzene rings is 2. The minimum absolute atomic E-state index is 0.731. The summed E-state index contributed by atoms with van der Waals surface area (Å²) in [5.41, 5.74) is 2.98. The van der Waals surface area contributed by atoms with E-state index in [4.69, 9.17) is 14.2 Å². The van der Waals surface area contributed by atoms with Crippen molar-refractivity contribution in [1.82, 2.24) is 10.2 Å². The van der Waals surface area contributed by atoms with Crippen molar-refractivity contribution in [2.75, 3.05) is 33.2 Å². The zero-order valence-corrected chi connectivity index (χ0v) is 15.7. The van der Waals surface area contributed by atoms with Crippen molar-refractivity contribution >= 4 is 5.82 Å². The fourth-order valence-corrected chi connectivity index (χ4v) is 2.71. The maximum absolute atomic E-state index is 5.34. The lowest BCUT2D eigenvalue weighted by Crippen LogP contribution is -2.07. The first-order chi connectivity index (χ1) is 13.2. The lowest BCUT2D eigenvalue weighted by molar-refractivity contribution is 0.354. The molecule has 2 aromatic carbocycles. The van der Waals surface area contributed by atoms with E-state index in [0.717, 1.165) is 52.9 Å². The molecule has 0 aliphatic rings. The Morgan fingerprint density at radius 2 is 1.56 bits per heavy atom. The quantitative estimate of drug-likeness (QED) is 0.655. The third-order valence-corrected chi connectivity index (χ3v) is 4.22.